The predicted octanol–water partition coefficient (Wildman–Crippen LogP) is -0.471. The van der Waals surface area contributed by atoms with Crippen molar-refractivity contribution in [3.8, 4) is 0 Å². The Labute approximate surface area is 88.2 Å². The van der Waals surface area contributed by atoms with E-state index in [1.54, 1.807) is 4.90 Å². The van der Waals surface area contributed by atoms with Crippen LogP contribution in [0.15, 0.2) is 0 Å². The Morgan fingerprint density at radius 2 is 2.20 bits per heavy atom. The zero-order chi connectivity index (χ0) is 10.9. The summed E-state index contributed by atoms with van der Waals surface area (Å²) in [5.41, 5.74) is 5.95. The number of carbonyl (C=O) groups excluding carboxylic acids is 1. The van der Waals surface area contributed by atoms with Gasteiger partial charge in [0, 0.05) is 6.54 Å². The van der Waals surface area contributed by atoms with Gasteiger partial charge in [-0.2, -0.15) is 0 Å². The number of amides is 1. The Hall–Kier alpha value is -0.850. The van der Waals surface area contributed by atoms with E-state index >= 15 is 0 Å². The molecule has 0 saturated carbocycles. The summed E-state index contributed by atoms with van der Waals surface area (Å²) in [4.78, 5) is 12.9. The molecule has 0 aliphatic carbocycles. The fraction of sp³-hybridized carbons (Fsp3) is 0.889. The van der Waals surface area contributed by atoms with E-state index in [-0.39, 0.29) is 12.1 Å². The van der Waals surface area contributed by atoms with E-state index in [1.165, 1.54) is 7.11 Å². The number of ether oxygens (including phenoxy) is 3. The second kappa shape index (κ2) is 3.96. The van der Waals surface area contributed by atoms with Gasteiger partial charge in [-0.15, -0.1) is 0 Å². The summed E-state index contributed by atoms with van der Waals surface area (Å²) in [7, 11) is 1.36. The molecule has 0 radical (unpaired) electrons. The molecule has 1 atom stereocenters. The van der Waals surface area contributed by atoms with E-state index < -0.39 is 5.79 Å². The lowest BCUT2D eigenvalue weighted by molar-refractivity contribution is -0.195. The van der Waals surface area contributed by atoms with E-state index in [2.05, 4.69) is 4.74 Å². The zero-order valence-electron chi connectivity index (χ0n) is 8.77. The van der Waals surface area contributed by atoms with Gasteiger partial charge in [0.2, 0.25) is 5.79 Å². The molecule has 1 spiro atoms. The molecule has 0 aromatic carbocycles. The summed E-state index contributed by atoms with van der Waals surface area (Å²) >= 11 is 0. The van der Waals surface area contributed by atoms with Gasteiger partial charge in [-0.1, -0.05) is 0 Å². The van der Waals surface area contributed by atoms with Crippen molar-refractivity contribution < 1.29 is 19.0 Å². The number of nitrogens with two attached hydrogens (primary N) is 1. The van der Waals surface area contributed by atoms with Crippen molar-refractivity contribution in [3.05, 3.63) is 0 Å². The molecule has 86 valence electrons. The lowest BCUT2D eigenvalue weighted by Gasteiger charge is -2.41. The van der Waals surface area contributed by atoms with Crippen molar-refractivity contribution in [3.63, 3.8) is 0 Å². The van der Waals surface area contributed by atoms with Gasteiger partial charge in [0.05, 0.1) is 32.9 Å². The van der Waals surface area contributed by atoms with Gasteiger partial charge < -0.3 is 24.8 Å². The van der Waals surface area contributed by atoms with Gasteiger partial charge in [-0.3, -0.25) is 0 Å². The first kappa shape index (κ1) is 10.7. The second-order valence-electron chi connectivity index (χ2n) is 3.80. The minimum Gasteiger partial charge on any atom is -0.453 e. The lowest BCUT2D eigenvalue weighted by Crippen LogP contribution is -2.62. The van der Waals surface area contributed by atoms with Gasteiger partial charge in [-0.05, 0) is 6.42 Å². The number of hydrogen-bond donors (Lipinski definition) is 1. The number of hydrogen-bond acceptors (Lipinski definition) is 5. The molecule has 2 aliphatic heterocycles. The van der Waals surface area contributed by atoms with Crippen LogP contribution >= 0.6 is 0 Å². The summed E-state index contributed by atoms with van der Waals surface area (Å²) in [6.45, 7) is 1.99. The average molecular weight is 216 g/mol. The Kier molecular flexibility index (Phi) is 2.81. The predicted molar refractivity (Wildman–Crippen MR) is 51.2 cm³/mol. The van der Waals surface area contributed by atoms with Crippen molar-refractivity contribution in [1.82, 2.24) is 4.90 Å². The molecule has 1 amide bonds. The number of rotatable bonds is 0. The van der Waals surface area contributed by atoms with Crippen LogP contribution in [0.4, 0.5) is 4.79 Å². The van der Waals surface area contributed by atoms with Crippen molar-refractivity contribution >= 4 is 6.09 Å². The lowest BCUT2D eigenvalue weighted by atomic mass is 9.99. The number of methoxy groups -OCH3 is 1. The first-order chi connectivity index (χ1) is 7.18. The smallest absolute Gasteiger partial charge is 0.409 e. The van der Waals surface area contributed by atoms with Crippen molar-refractivity contribution in [2.45, 2.75) is 18.2 Å². The maximum Gasteiger partial charge on any atom is 0.409 e. The van der Waals surface area contributed by atoms with Gasteiger partial charge in [-0.25, -0.2) is 4.79 Å². The molecule has 2 heterocycles. The van der Waals surface area contributed by atoms with Crippen LogP contribution in [0, 0.1) is 0 Å². The van der Waals surface area contributed by atoms with Crippen LogP contribution in [-0.4, -0.2) is 56.2 Å². The molecule has 15 heavy (non-hydrogen) atoms. The minimum absolute atomic E-state index is 0.180. The molecule has 0 bridgehead atoms. The van der Waals surface area contributed by atoms with Crippen molar-refractivity contribution in [1.29, 1.82) is 0 Å². The van der Waals surface area contributed by atoms with Crippen molar-refractivity contribution in [2.75, 3.05) is 33.4 Å². The number of carbonyl (C=O) groups is 1. The largest absolute Gasteiger partial charge is 0.453 e. The number of piperidine rings is 1. The Balaban J connectivity index is 2.07. The Morgan fingerprint density at radius 3 is 2.80 bits per heavy atom. The Bertz CT molecular complexity index is 252. The molecule has 2 N–H and O–H groups in total. The van der Waals surface area contributed by atoms with Crippen LogP contribution in [0.2, 0.25) is 0 Å². The van der Waals surface area contributed by atoms with E-state index in [9.17, 15) is 4.79 Å². The summed E-state index contributed by atoms with van der Waals surface area (Å²) in [5, 5.41) is 0. The fourth-order valence-corrected chi connectivity index (χ4v) is 2.04. The molecule has 0 aromatic heterocycles. The van der Waals surface area contributed by atoms with Crippen LogP contribution in [0.5, 0.6) is 0 Å². The van der Waals surface area contributed by atoms with Crippen LogP contribution in [0.1, 0.15) is 6.42 Å². The molecular weight excluding hydrogens is 200 g/mol. The molecule has 6 heteroatoms. The number of likely N-dealkylation sites (tertiary alicyclic amines) is 1. The zero-order valence-corrected chi connectivity index (χ0v) is 8.77. The van der Waals surface area contributed by atoms with E-state index in [0.29, 0.717) is 32.7 Å². The molecule has 2 saturated heterocycles. The van der Waals surface area contributed by atoms with Crippen LogP contribution in [-0.2, 0) is 14.2 Å². The topological polar surface area (TPSA) is 74.0 Å². The third-order valence-corrected chi connectivity index (χ3v) is 2.90. The summed E-state index contributed by atoms with van der Waals surface area (Å²) in [5.74, 6) is -0.813. The highest BCUT2D eigenvalue weighted by molar-refractivity contribution is 5.67. The van der Waals surface area contributed by atoms with Crippen LogP contribution in [0.25, 0.3) is 0 Å². The molecule has 0 aromatic rings. The van der Waals surface area contributed by atoms with E-state index in [1.807, 2.05) is 0 Å². The van der Waals surface area contributed by atoms with Gasteiger partial charge in [0.25, 0.3) is 0 Å². The molecule has 2 rings (SSSR count). The standard InChI is InChI=1S/C9H16N2O4/c1-13-8(12)11-3-2-7(10)9(6-11)14-4-5-15-9/h7H,2-6,10H2,1H3/t7-/m0/s1. The first-order valence-corrected chi connectivity index (χ1v) is 5.04. The summed E-state index contributed by atoms with van der Waals surface area (Å²) in [6.07, 6.45) is 0.301. The Morgan fingerprint density at radius 1 is 1.53 bits per heavy atom. The minimum atomic E-state index is -0.813. The quantitative estimate of drug-likeness (QED) is 0.592. The highest BCUT2D eigenvalue weighted by atomic mass is 16.7. The second-order valence-corrected chi connectivity index (χ2v) is 3.80. The third-order valence-electron chi connectivity index (χ3n) is 2.90. The van der Waals surface area contributed by atoms with E-state index in [0.717, 1.165) is 0 Å². The molecule has 6 nitrogen and oxygen atoms in total. The normalized spacial score (nSPS) is 29.5. The molecule has 2 fully saturated rings. The summed E-state index contributed by atoms with van der Waals surface area (Å²) < 4.78 is 15.7. The highest BCUT2D eigenvalue weighted by Crippen LogP contribution is 2.29. The molecule has 0 unspecified atom stereocenters. The highest BCUT2D eigenvalue weighted by Gasteiger charge is 2.48. The van der Waals surface area contributed by atoms with Crippen LogP contribution < -0.4 is 5.73 Å². The maximum atomic E-state index is 11.4. The van der Waals surface area contributed by atoms with Crippen molar-refractivity contribution in [2.24, 2.45) is 5.73 Å². The SMILES string of the molecule is COC(=O)N1CC[C@H](N)C2(C1)OCCO2. The average Bonchev–Trinajstić information content (AvgIpc) is 2.71. The van der Waals surface area contributed by atoms with Gasteiger partial charge in [0.1, 0.15) is 0 Å². The molecule has 2 aliphatic rings. The van der Waals surface area contributed by atoms with Gasteiger partial charge >= 0.3 is 6.09 Å². The maximum absolute atomic E-state index is 11.4. The van der Waals surface area contributed by atoms with Gasteiger partial charge in [0.15, 0.2) is 0 Å². The third kappa shape index (κ3) is 1.80. The monoisotopic (exact) mass is 216 g/mol. The van der Waals surface area contributed by atoms with E-state index in [4.69, 9.17) is 15.2 Å². The van der Waals surface area contributed by atoms with Crippen LogP contribution in [0.3, 0.4) is 0 Å². The first-order valence-electron chi connectivity index (χ1n) is 5.04. The summed E-state index contributed by atoms with van der Waals surface area (Å²) in [6, 6.07) is -0.180. The number of nitrogens with zero attached hydrogens (tertiary/aromatic N) is 1. The molecular formula is C9H16N2O4. The fourth-order valence-electron chi connectivity index (χ4n) is 2.04.